The van der Waals surface area contributed by atoms with Gasteiger partial charge < -0.3 is 5.11 Å². The van der Waals surface area contributed by atoms with Crippen molar-refractivity contribution in [1.82, 2.24) is 9.78 Å². The molecule has 0 fully saturated rings. The molecule has 0 atom stereocenters. The molecule has 2 radical (unpaired) electrons. The average Bonchev–Trinajstić information content (AvgIpc) is 2.10. The smallest absolute Gasteiger partial charge is 0.118 e. The Balaban J connectivity index is 2.65. The Kier molecular flexibility index (Phi) is 2.04. The summed E-state index contributed by atoms with van der Waals surface area (Å²) < 4.78 is 1.62. The third-order valence-corrected chi connectivity index (χ3v) is 1.20. The highest BCUT2D eigenvalue weighted by atomic mass is 16.3. The minimum atomic E-state index is -0.738. The van der Waals surface area contributed by atoms with Gasteiger partial charge in [-0.2, -0.15) is 5.10 Å². The Morgan fingerprint density at radius 3 is 2.73 bits per heavy atom. The maximum atomic E-state index is 9.38. The van der Waals surface area contributed by atoms with Gasteiger partial charge in [-0.1, -0.05) is 5.46 Å². The van der Waals surface area contributed by atoms with Crippen molar-refractivity contribution < 1.29 is 5.11 Å². The topological polar surface area (TPSA) is 38.0 Å². The van der Waals surface area contributed by atoms with Gasteiger partial charge in [-0.3, -0.25) is 4.68 Å². The SMILES string of the molecule is [B]c1cnn(CC(C)(C)O)c1. The molecule has 1 rings (SSSR count). The molecule has 1 heterocycles. The predicted octanol–water partition coefficient (Wildman–Crippen LogP) is -0.552. The third-order valence-electron chi connectivity index (χ3n) is 1.20. The lowest BCUT2D eigenvalue weighted by molar-refractivity contribution is 0.0578. The molecule has 3 nitrogen and oxygen atoms in total. The van der Waals surface area contributed by atoms with E-state index in [9.17, 15) is 5.11 Å². The number of aromatic nitrogens is 2. The Hall–Kier alpha value is -0.765. The Bertz CT molecular complexity index is 239. The minimum Gasteiger partial charge on any atom is -0.389 e. The molecule has 0 aliphatic heterocycles. The first kappa shape index (κ1) is 8.33. The zero-order chi connectivity index (χ0) is 8.48. The monoisotopic (exact) mass is 150 g/mol. The van der Waals surface area contributed by atoms with E-state index < -0.39 is 5.60 Å². The van der Waals surface area contributed by atoms with Crippen LogP contribution in [0.15, 0.2) is 12.4 Å². The maximum absolute atomic E-state index is 9.38. The lowest BCUT2D eigenvalue weighted by Crippen LogP contribution is -2.26. The Morgan fingerprint density at radius 2 is 2.36 bits per heavy atom. The highest BCUT2D eigenvalue weighted by molar-refractivity contribution is 6.31. The highest BCUT2D eigenvalue weighted by Crippen LogP contribution is 2.02. The van der Waals surface area contributed by atoms with Crippen LogP contribution in [0.1, 0.15) is 13.8 Å². The normalized spacial score (nSPS) is 11.9. The van der Waals surface area contributed by atoms with Gasteiger partial charge in [-0.05, 0) is 13.8 Å². The van der Waals surface area contributed by atoms with E-state index in [1.807, 2.05) is 0 Å². The van der Waals surface area contributed by atoms with Crippen molar-refractivity contribution in [3.8, 4) is 0 Å². The molecule has 11 heavy (non-hydrogen) atoms. The van der Waals surface area contributed by atoms with Gasteiger partial charge in [0, 0.05) is 12.4 Å². The number of hydrogen-bond donors (Lipinski definition) is 1. The Labute approximate surface area is 67.4 Å². The second-order valence-electron chi connectivity index (χ2n) is 3.28. The molecule has 0 spiro atoms. The summed E-state index contributed by atoms with van der Waals surface area (Å²) in [5.41, 5.74) is -0.118. The molecule has 1 aromatic rings. The second-order valence-corrected chi connectivity index (χ2v) is 3.28. The first-order valence-electron chi connectivity index (χ1n) is 3.48. The third kappa shape index (κ3) is 2.76. The summed E-state index contributed by atoms with van der Waals surface area (Å²) in [6.45, 7) is 3.92. The zero-order valence-corrected chi connectivity index (χ0v) is 6.78. The van der Waals surface area contributed by atoms with E-state index in [0.29, 0.717) is 12.0 Å². The molecule has 0 amide bonds. The molecule has 1 N–H and O–H groups in total. The molecule has 58 valence electrons. The molecular weight excluding hydrogens is 139 g/mol. The van der Waals surface area contributed by atoms with Gasteiger partial charge in [-0.15, -0.1) is 0 Å². The van der Waals surface area contributed by atoms with Crippen LogP contribution >= 0.6 is 0 Å². The molecule has 1 aromatic heterocycles. The molecule has 0 aliphatic carbocycles. The van der Waals surface area contributed by atoms with Crippen molar-refractivity contribution in [2.45, 2.75) is 26.0 Å². The molecule has 0 saturated heterocycles. The number of aliphatic hydroxyl groups is 1. The van der Waals surface area contributed by atoms with E-state index in [2.05, 4.69) is 5.10 Å². The minimum absolute atomic E-state index is 0.462. The van der Waals surface area contributed by atoms with Crippen molar-refractivity contribution >= 4 is 13.3 Å². The lowest BCUT2D eigenvalue weighted by atomic mass is 10.0. The van der Waals surface area contributed by atoms with Gasteiger partial charge in [0.15, 0.2) is 0 Å². The zero-order valence-electron chi connectivity index (χ0n) is 6.78. The fourth-order valence-electron chi connectivity index (χ4n) is 0.862. The summed E-state index contributed by atoms with van der Waals surface area (Å²) >= 11 is 0. The second kappa shape index (κ2) is 2.70. The largest absolute Gasteiger partial charge is 0.389 e. The van der Waals surface area contributed by atoms with Gasteiger partial charge in [0.05, 0.1) is 12.1 Å². The van der Waals surface area contributed by atoms with E-state index in [-0.39, 0.29) is 0 Å². The molecule has 0 aromatic carbocycles. The van der Waals surface area contributed by atoms with Crippen LogP contribution in [0.25, 0.3) is 0 Å². The van der Waals surface area contributed by atoms with Crippen LogP contribution in [0.5, 0.6) is 0 Å². The quantitative estimate of drug-likeness (QED) is 0.574. The first-order valence-corrected chi connectivity index (χ1v) is 3.48. The predicted molar refractivity (Wildman–Crippen MR) is 43.9 cm³/mol. The summed E-state index contributed by atoms with van der Waals surface area (Å²) in [5.74, 6) is 0. The lowest BCUT2D eigenvalue weighted by Gasteiger charge is -2.16. The molecular formula is C7H11BN2O. The number of nitrogens with zero attached hydrogens (tertiary/aromatic N) is 2. The van der Waals surface area contributed by atoms with Crippen molar-refractivity contribution in [1.29, 1.82) is 0 Å². The Morgan fingerprint density at radius 1 is 1.73 bits per heavy atom. The molecule has 0 aliphatic rings. The van der Waals surface area contributed by atoms with Gasteiger partial charge in [0.2, 0.25) is 0 Å². The standard InChI is InChI=1S/C7H11BN2O/c1-7(2,11)5-10-4-6(8)3-9-10/h3-4,11H,5H2,1-2H3. The van der Waals surface area contributed by atoms with Crippen LogP contribution in [0.2, 0.25) is 0 Å². The highest BCUT2D eigenvalue weighted by Gasteiger charge is 2.13. The van der Waals surface area contributed by atoms with Gasteiger partial charge >= 0.3 is 0 Å². The van der Waals surface area contributed by atoms with Crippen molar-refractivity contribution in [3.05, 3.63) is 12.4 Å². The molecule has 0 bridgehead atoms. The fraction of sp³-hybridized carbons (Fsp3) is 0.571. The summed E-state index contributed by atoms with van der Waals surface area (Å²) in [7, 11) is 5.43. The summed E-state index contributed by atoms with van der Waals surface area (Å²) in [5, 5.41) is 13.3. The van der Waals surface area contributed by atoms with Crippen LogP contribution < -0.4 is 5.46 Å². The summed E-state index contributed by atoms with van der Waals surface area (Å²) in [6.07, 6.45) is 3.25. The van der Waals surface area contributed by atoms with Crippen LogP contribution in [0, 0.1) is 0 Å². The first-order chi connectivity index (χ1) is 4.97. The van der Waals surface area contributed by atoms with Crippen molar-refractivity contribution in [3.63, 3.8) is 0 Å². The maximum Gasteiger partial charge on any atom is 0.118 e. The van der Waals surface area contributed by atoms with Crippen molar-refractivity contribution in [2.24, 2.45) is 0 Å². The van der Waals surface area contributed by atoms with Crippen molar-refractivity contribution in [2.75, 3.05) is 0 Å². The number of hydrogen-bond acceptors (Lipinski definition) is 2. The van der Waals surface area contributed by atoms with Crippen LogP contribution in [-0.2, 0) is 6.54 Å². The molecule has 4 heteroatoms. The fourth-order valence-corrected chi connectivity index (χ4v) is 0.862. The van der Waals surface area contributed by atoms with E-state index in [4.69, 9.17) is 7.85 Å². The van der Waals surface area contributed by atoms with E-state index in [0.717, 1.165) is 0 Å². The van der Waals surface area contributed by atoms with Crippen LogP contribution in [-0.4, -0.2) is 28.3 Å². The van der Waals surface area contributed by atoms with E-state index >= 15 is 0 Å². The van der Waals surface area contributed by atoms with E-state index in [1.54, 1.807) is 30.9 Å². The van der Waals surface area contributed by atoms with Gasteiger partial charge in [0.25, 0.3) is 0 Å². The van der Waals surface area contributed by atoms with Gasteiger partial charge in [-0.25, -0.2) is 0 Å². The van der Waals surface area contributed by atoms with Gasteiger partial charge in [0.1, 0.15) is 7.85 Å². The summed E-state index contributed by atoms with van der Waals surface area (Å²) in [4.78, 5) is 0. The van der Waals surface area contributed by atoms with Crippen LogP contribution in [0.4, 0.5) is 0 Å². The molecule has 0 unspecified atom stereocenters. The van der Waals surface area contributed by atoms with E-state index in [1.165, 1.54) is 0 Å². The van der Waals surface area contributed by atoms with Crippen LogP contribution in [0.3, 0.4) is 0 Å². The number of rotatable bonds is 2. The summed E-state index contributed by atoms with van der Waals surface area (Å²) in [6, 6.07) is 0. The molecule has 0 saturated carbocycles. The average molecular weight is 150 g/mol.